The van der Waals surface area contributed by atoms with Crippen molar-refractivity contribution in [1.82, 2.24) is 34.3 Å². The molecule has 5 heterocycles. The molecule has 1 aliphatic rings. The highest BCUT2D eigenvalue weighted by molar-refractivity contribution is 9.18. The van der Waals surface area contributed by atoms with E-state index in [-0.39, 0.29) is 5.56 Å². The fourth-order valence-electron chi connectivity index (χ4n) is 4.02. The van der Waals surface area contributed by atoms with Crippen LogP contribution in [0, 0.1) is 0 Å². The molecule has 0 N–H and O–H groups in total. The summed E-state index contributed by atoms with van der Waals surface area (Å²) >= 11 is 3.46. The van der Waals surface area contributed by atoms with Gasteiger partial charge in [-0.15, -0.1) is 10.2 Å². The van der Waals surface area contributed by atoms with Gasteiger partial charge in [0.25, 0.3) is 5.56 Å². The molecule has 0 bridgehead atoms. The monoisotopic (exact) mass is 510 g/mol. The lowest BCUT2D eigenvalue weighted by atomic mass is 10.2. The zero-order chi connectivity index (χ0) is 22.8. The summed E-state index contributed by atoms with van der Waals surface area (Å²) in [5.74, 6) is 2.97. The van der Waals surface area contributed by atoms with Gasteiger partial charge in [0.05, 0.1) is 10.2 Å². The first kappa shape index (κ1) is 21.6. The molecule has 170 valence electrons. The molecule has 4 aromatic heterocycles. The van der Waals surface area contributed by atoms with E-state index in [1.807, 2.05) is 16.7 Å². The number of unbranched alkanes of at least 4 members (excludes halogenated alkanes) is 2. The highest BCUT2D eigenvalue weighted by Gasteiger charge is 2.25. The van der Waals surface area contributed by atoms with E-state index < -0.39 is 0 Å². The summed E-state index contributed by atoms with van der Waals surface area (Å²) in [5.41, 5.74) is 1.45. The van der Waals surface area contributed by atoms with Gasteiger partial charge in [-0.1, -0.05) is 24.9 Å². The number of pyridine rings is 1. The minimum atomic E-state index is -0.0947. The highest BCUT2D eigenvalue weighted by Crippen LogP contribution is 2.28. The standard InChI is InChI=1S/C22H23BrN8O2/c1-2-3-4-12-30-20-15(13-16(23)25-20)21(32)31-17(27-28-22(30)31)6-5-7-18-26-19(29-33-18)14-8-10-24-11-9-14/h8-11H,2-7,12-13H2,1H3. The van der Waals surface area contributed by atoms with E-state index in [9.17, 15) is 4.79 Å². The summed E-state index contributed by atoms with van der Waals surface area (Å²) in [6.45, 7) is 2.92. The van der Waals surface area contributed by atoms with Gasteiger partial charge in [0, 0.05) is 43.8 Å². The minimum absolute atomic E-state index is 0.0947. The van der Waals surface area contributed by atoms with Crippen LogP contribution in [-0.4, -0.2) is 38.9 Å². The van der Waals surface area contributed by atoms with Crippen LogP contribution in [0.15, 0.2) is 38.8 Å². The Morgan fingerprint density at radius 3 is 2.79 bits per heavy atom. The van der Waals surface area contributed by atoms with E-state index in [1.54, 1.807) is 16.8 Å². The molecule has 4 aromatic rings. The lowest BCUT2D eigenvalue weighted by Crippen LogP contribution is -2.23. The van der Waals surface area contributed by atoms with Gasteiger partial charge in [0.1, 0.15) is 11.6 Å². The summed E-state index contributed by atoms with van der Waals surface area (Å²) in [6, 6.07) is 3.67. The average molecular weight is 511 g/mol. The van der Waals surface area contributed by atoms with E-state index in [0.717, 1.165) is 36.0 Å². The number of aryl methyl sites for hydroxylation is 3. The fourth-order valence-corrected chi connectivity index (χ4v) is 4.47. The molecule has 0 unspecified atom stereocenters. The maximum absolute atomic E-state index is 13.3. The lowest BCUT2D eigenvalue weighted by Gasteiger charge is -2.12. The SMILES string of the molecule is CCCCCn1c2c(c(=O)n3c(CCCc4nc(-c5ccncc5)no4)nnc13)CC(Br)=N2. The molecule has 1 aliphatic heterocycles. The van der Waals surface area contributed by atoms with Crippen LogP contribution in [0.3, 0.4) is 0 Å². The first-order valence-electron chi connectivity index (χ1n) is 11.1. The number of fused-ring (bicyclic) bond motifs is 2. The molecule has 0 amide bonds. The third-order valence-corrected chi connectivity index (χ3v) is 6.13. The van der Waals surface area contributed by atoms with E-state index in [4.69, 9.17) is 4.52 Å². The van der Waals surface area contributed by atoms with Crippen molar-refractivity contribution in [1.29, 1.82) is 0 Å². The zero-order valence-electron chi connectivity index (χ0n) is 18.2. The average Bonchev–Trinajstić information content (AvgIpc) is 3.56. The van der Waals surface area contributed by atoms with Crippen molar-refractivity contribution in [3.05, 3.63) is 52.2 Å². The molecule has 10 nitrogen and oxygen atoms in total. The van der Waals surface area contributed by atoms with Crippen LogP contribution in [0.1, 0.15) is 49.9 Å². The minimum Gasteiger partial charge on any atom is -0.339 e. The smallest absolute Gasteiger partial charge is 0.266 e. The number of nitrogens with zero attached hydrogens (tertiary/aromatic N) is 8. The van der Waals surface area contributed by atoms with Gasteiger partial charge >= 0.3 is 0 Å². The Kier molecular flexibility index (Phi) is 6.12. The second kappa shape index (κ2) is 9.34. The van der Waals surface area contributed by atoms with E-state index in [1.165, 1.54) is 0 Å². The topological polar surface area (TPSA) is 116 Å². The van der Waals surface area contributed by atoms with Crippen LogP contribution in [0.4, 0.5) is 5.82 Å². The molecular formula is C22H23BrN8O2. The molecule has 11 heteroatoms. The normalized spacial score (nSPS) is 13.0. The van der Waals surface area contributed by atoms with Crippen LogP contribution in [0.25, 0.3) is 17.2 Å². The van der Waals surface area contributed by atoms with Crippen molar-refractivity contribution in [2.24, 2.45) is 4.99 Å². The third-order valence-electron chi connectivity index (χ3n) is 5.67. The Morgan fingerprint density at radius 2 is 1.97 bits per heavy atom. The van der Waals surface area contributed by atoms with Gasteiger partial charge in [-0.3, -0.25) is 14.3 Å². The molecule has 5 rings (SSSR count). The quantitative estimate of drug-likeness (QED) is 0.315. The Labute approximate surface area is 197 Å². The number of hydrogen-bond acceptors (Lipinski definition) is 8. The molecule has 0 atom stereocenters. The Morgan fingerprint density at radius 1 is 1.12 bits per heavy atom. The molecule has 0 radical (unpaired) electrons. The number of rotatable bonds is 9. The van der Waals surface area contributed by atoms with E-state index in [0.29, 0.717) is 60.4 Å². The van der Waals surface area contributed by atoms with Crippen molar-refractivity contribution < 1.29 is 4.52 Å². The molecule has 0 aromatic carbocycles. The summed E-state index contributed by atoms with van der Waals surface area (Å²) in [5, 5.41) is 12.8. The summed E-state index contributed by atoms with van der Waals surface area (Å²) in [4.78, 5) is 26.3. The summed E-state index contributed by atoms with van der Waals surface area (Å²) < 4.78 is 9.82. The largest absolute Gasteiger partial charge is 0.339 e. The van der Waals surface area contributed by atoms with Crippen molar-refractivity contribution in [2.75, 3.05) is 0 Å². The maximum Gasteiger partial charge on any atom is 0.266 e. The van der Waals surface area contributed by atoms with Crippen LogP contribution >= 0.6 is 15.9 Å². The summed E-state index contributed by atoms with van der Waals surface area (Å²) in [7, 11) is 0. The van der Waals surface area contributed by atoms with Crippen LogP contribution < -0.4 is 5.56 Å². The van der Waals surface area contributed by atoms with Crippen molar-refractivity contribution in [3.63, 3.8) is 0 Å². The van der Waals surface area contributed by atoms with Gasteiger partial charge < -0.3 is 4.52 Å². The highest BCUT2D eigenvalue weighted by atomic mass is 79.9. The van der Waals surface area contributed by atoms with Gasteiger partial charge in [0.2, 0.25) is 17.5 Å². The summed E-state index contributed by atoms with van der Waals surface area (Å²) in [6.07, 6.45) is 8.94. The predicted molar refractivity (Wildman–Crippen MR) is 126 cm³/mol. The molecule has 0 saturated heterocycles. The first-order valence-corrected chi connectivity index (χ1v) is 11.9. The second-order valence-corrected chi connectivity index (χ2v) is 8.90. The molecule has 0 aliphatic carbocycles. The van der Waals surface area contributed by atoms with Crippen molar-refractivity contribution in [3.8, 4) is 11.4 Å². The van der Waals surface area contributed by atoms with Crippen molar-refractivity contribution >= 4 is 32.1 Å². The molecule has 0 spiro atoms. The van der Waals surface area contributed by atoms with E-state index in [2.05, 4.69) is 53.2 Å². The van der Waals surface area contributed by atoms with E-state index >= 15 is 0 Å². The van der Waals surface area contributed by atoms with Crippen LogP contribution in [-0.2, 0) is 25.8 Å². The van der Waals surface area contributed by atoms with Crippen molar-refractivity contribution in [2.45, 2.75) is 58.4 Å². The number of hydrogen-bond donors (Lipinski definition) is 0. The predicted octanol–water partition coefficient (Wildman–Crippen LogP) is 3.68. The van der Waals surface area contributed by atoms with Gasteiger partial charge in [-0.25, -0.2) is 9.39 Å². The van der Waals surface area contributed by atoms with Gasteiger partial charge in [-0.05, 0) is 40.9 Å². The third kappa shape index (κ3) is 4.24. The molecule has 0 fully saturated rings. The molecule has 0 saturated carbocycles. The fraction of sp³-hybridized carbons (Fsp3) is 0.409. The Balaban J connectivity index is 1.37. The lowest BCUT2D eigenvalue weighted by molar-refractivity contribution is 0.375. The number of aromatic nitrogens is 7. The molecule has 33 heavy (non-hydrogen) atoms. The first-order chi connectivity index (χ1) is 16.2. The van der Waals surface area contributed by atoms with Crippen LogP contribution in [0.2, 0.25) is 0 Å². The Bertz CT molecular complexity index is 1370. The van der Waals surface area contributed by atoms with Gasteiger partial charge in [-0.2, -0.15) is 4.98 Å². The maximum atomic E-state index is 13.3. The molecular weight excluding hydrogens is 488 g/mol. The number of aliphatic imine (C=N–C) groups is 1. The van der Waals surface area contributed by atoms with Gasteiger partial charge in [0.15, 0.2) is 0 Å². The Hall–Kier alpha value is -3.21. The zero-order valence-corrected chi connectivity index (χ0v) is 19.8. The van der Waals surface area contributed by atoms with Crippen LogP contribution in [0.5, 0.6) is 0 Å². The second-order valence-electron chi connectivity index (χ2n) is 7.98. The number of halogens is 1.